The largest absolute Gasteiger partial charge is 0.0625 e. The van der Waals surface area contributed by atoms with E-state index >= 15 is 0 Å². The number of rotatable bonds is 3. The first-order valence-corrected chi connectivity index (χ1v) is 11.3. The van der Waals surface area contributed by atoms with Gasteiger partial charge in [-0.05, 0) is 104 Å². The van der Waals surface area contributed by atoms with Crippen LogP contribution in [0.1, 0.15) is 95.1 Å². The van der Waals surface area contributed by atoms with Crippen LogP contribution < -0.4 is 0 Å². The average Bonchev–Trinajstić information content (AvgIpc) is 2.68. The molecule has 1 aromatic carbocycles. The van der Waals surface area contributed by atoms with Crippen LogP contribution in [0.4, 0.5) is 0 Å². The molecule has 0 aliphatic heterocycles. The van der Waals surface area contributed by atoms with Crippen molar-refractivity contribution >= 4 is 0 Å². The summed E-state index contributed by atoms with van der Waals surface area (Å²) in [6, 6.07) is 9.59. The zero-order valence-electron chi connectivity index (χ0n) is 16.6. The lowest BCUT2D eigenvalue weighted by molar-refractivity contribution is 0.0732. The molecule has 0 spiro atoms. The molecule has 3 aliphatic rings. The quantitative estimate of drug-likeness (QED) is 0.539. The summed E-state index contributed by atoms with van der Waals surface area (Å²) >= 11 is 0. The van der Waals surface area contributed by atoms with Crippen molar-refractivity contribution < 1.29 is 0 Å². The Morgan fingerprint density at radius 1 is 0.680 bits per heavy atom. The zero-order valence-corrected chi connectivity index (χ0v) is 16.6. The molecule has 0 heterocycles. The summed E-state index contributed by atoms with van der Waals surface area (Å²) in [5, 5.41) is 0. The molecule has 0 bridgehead atoms. The highest BCUT2D eigenvalue weighted by molar-refractivity contribution is 5.26. The Kier molecular flexibility index (Phi) is 5.53. The maximum Gasteiger partial charge on any atom is -0.0159 e. The summed E-state index contributed by atoms with van der Waals surface area (Å²) in [5.74, 6) is 6.10. The van der Waals surface area contributed by atoms with Crippen LogP contribution in [0.5, 0.6) is 0 Å². The van der Waals surface area contributed by atoms with E-state index in [9.17, 15) is 0 Å². The Hall–Kier alpha value is -0.780. The number of hydrogen-bond acceptors (Lipinski definition) is 0. The Balaban J connectivity index is 1.33. The highest BCUT2D eigenvalue weighted by Gasteiger charge is 2.38. The fourth-order valence-corrected chi connectivity index (χ4v) is 6.44. The second kappa shape index (κ2) is 7.85. The van der Waals surface area contributed by atoms with E-state index in [1.807, 2.05) is 0 Å². The van der Waals surface area contributed by atoms with Gasteiger partial charge in [0.25, 0.3) is 0 Å². The van der Waals surface area contributed by atoms with E-state index in [0.29, 0.717) is 0 Å². The fourth-order valence-electron chi connectivity index (χ4n) is 6.44. The van der Waals surface area contributed by atoms with Gasteiger partial charge in [-0.25, -0.2) is 0 Å². The van der Waals surface area contributed by atoms with Crippen LogP contribution in [-0.4, -0.2) is 0 Å². The van der Waals surface area contributed by atoms with Crippen LogP contribution in [0, 0.1) is 29.6 Å². The molecule has 0 nitrogen and oxygen atoms in total. The highest BCUT2D eigenvalue weighted by atomic mass is 14.4. The van der Waals surface area contributed by atoms with Gasteiger partial charge >= 0.3 is 0 Å². The third-order valence-corrected chi connectivity index (χ3v) is 8.24. The molecule has 25 heavy (non-hydrogen) atoms. The third kappa shape index (κ3) is 3.99. The molecule has 1 aromatic rings. The molecule has 3 aliphatic carbocycles. The van der Waals surface area contributed by atoms with E-state index in [2.05, 4.69) is 38.1 Å². The molecule has 138 valence electrons. The van der Waals surface area contributed by atoms with Gasteiger partial charge in [-0.15, -0.1) is 0 Å². The lowest BCUT2D eigenvalue weighted by Crippen LogP contribution is -2.34. The highest BCUT2D eigenvalue weighted by Crippen LogP contribution is 2.50. The van der Waals surface area contributed by atoms with Crippen molar-refractivity contribution in [3.05, 3.63) is 35.4 Å². The van der Waals surface area contributed by atoms with Gasteiger partial charge in [-0.3, -0.25) is 0 Å². The van der Waals surface area contributed by atoms with E-state index in [0.717, 1.165) is 41.9 Å². The molecule has 3 saturated carbocycles. The van der Waals surface area contributed by atoms with Crippen molar-refractivity contribution in [2.75, 3.05) is 0 Å². The maximum atomic E-state index is 2.46. The van der Waals surface area contributed by atoms with Gasteiger partial charge in [-0.2, -0.15) is 0 Å². The molecule has 0 heteroatoms. The van der Waals surface area contributed by atoms with Crippen LogP contribution in [-0.2, 0) is 6.42 Å². The van der Waals surface area contributed by atoms with E-state index in [1.165, 1.54) is 56.9 Å². The molecule has 0 amide bonds. The smallest absolute Gasteiger partial charge is 0.0159 e. The maximum absolute atomic E-state index is 2.46. The summed E-state index contributed by atoms with van der Waals surface area (Å²) in [7, 11) is 0. The predicted octanol–water partition coefficient (Wildman–Crippen LogP) is 7.38. The second-order valence-corrected chi connectivity index (χ2v) is 9.72. The van der Waals surface area contributed by atoms with Crippen molar-refractivity contribution in [2.45, 2.75) is 90.4 Å². The minimum absolute atomic E-state index is 0.847. The molecule has 0 N–H and O–H groups in total. The lowest BCUT2D eigenvalue weighted by atomic mass is 9.60. The van der Waals surface area contributed by atoms with Crippen LogP contribution in [0.15, 0.2) is 24.3 Å². The Labute approximate surface area is 155 Å². The standard InChI is InChI=1S/C25H38/c1-3-19-6-10-21(11-7-19)23-13-15-24-16-22(12-14-25(24)17-23)20-8-4-18(2)5-9-20/h6-7,10-11,18,20,22-25H,3-5,8-9,12-17H2,1-2H3. The van der Waals surface area contributed by atoms with Gasteiger partial charge in [0.05, 0.1) is 0 Å². The van der Waals surface area contributed by atoms with E-state index < -0.39 is 0 Å². The summed E-state index contributed by atoms with van der Waals surface area (Å²) < 4.78 is 0. The van der Waals surface area contributed by atoms with Crippen molar-refractivity contribution in [1.29, 1.82) is 0 Å². The van der Waals surface area contributed by atoms with Gasteiger partial charge in [-0.1, -0.05) is 51.0 Å². The van der Waals surface area contributed by atoms with Crippen molar-refractivity contribution in [3.63, 3.8) is 0 Å². The van der Waals surface area contributed by atoms with Gasteiger partial charge < -0.3 is 0 Å². The first kappa shape index (κ1) is 17.6. The topological polar surface area (TPSA) is 0 Å². The summed E-state index contributed by atoms with van der Waals surface area (Å²) in [6.07, 6.45) is 16.3. The van der Waals surface area contributed by atoms with Crippen LogP contribution in [0.25, 0.3) is 0 Å². The van der Waals surface area contributed by atoms with Gasteiger partial charge in [0.15, 0.2) is 0 Å². The first-order valence-electron chi connectivity index (χ1n) is 11.3. The Morgan fingerprint density at radius 3 is 1.92 bits per heavy atom. The minimum Gasteiger partial charge on any atom is -0.0625 e. The molecule has 0 saturated heterocycles. The molecule has 4 rings (SSSR count). The van der Waals surface area contributed by atoms with Gasteiger partial charge in [0.1, 0.15) is 0 Å². The van der Waals surface area contributed by atoms with Crippen molar-refractivity contribution in [3.8, 4) is 0 Å². The molecule has 0 radical (unpaired) electrons. The van der Waals surface area contributed by atoms with E-state index in [1.54, 1.807) is 18.4 Å². The zero-order chi connectivity index (χ0) is 17.2. The lowest BCUT2D eigenvalue weighted by Gasteiger charge is -2.45. The summed E-state index contributed by atoms with van der Waals surface area (Å²) in [6.45, 7) is 4.72. The summed E-state index contributed by atoms with van der Waals surface area (Å²) in [5.41, 5.74) is 3.11. The van der Waals surface area contributed by atoms with Crippen molar-refractivity contribution in [2.24, 2.45) is 29.6 Å². The molecule has 4 atom stereocenters. The monoisotopic (exact) mass is 338 g/mol. The van der Waals surface area contributed by atoms with Gasteiger partial charge in [0, 0.05) is 0 Å². The van der Waals surface area contributed by atoms with E-state index in [-0.39, 0.29) is 0 Å². The average molecular weight is 339 g/mol. The van der Waals surface area contributed by atoms with Crippen LogP contribution >= 0.6 is 0 Å². The Bertz CT molecular complexity index is 534. The van der Waals surface area contributed by atoms with Gasteiger partial charge in [0.2, 0.25) is 0 Å². The molecule has 4 unspecified atom stereocenters. The SMILES string of the molecule is CCc1ccc(C2CCC3CC(C4CCC(C)CC4)CCC3C2)cc1. The van der Waals surface area contributed by atoms with E-state index in [4.69, 9.17) is 0 Å². The van der Waals surface area contributed by atoms with Crippen molar-refractivity contribution in [1.82, 2.24) is 0 Å². The minimum atomic E-state index is 0.847. The predicted molar refractivity (Wildman–Crippen MR) is 108 cm³/mol. The summed E-state index contributed by atoms with van der Waals surface area (Å²) in [4.78, 5) is 0. The number of benzene rings is 1. The number of fused-ring (bicyclic) bond motifs is 1. The normalized spacial score (nSPS) is 39.0. The molecular formula is C25H38. The molecule has 0 aromatic heterocycles. The molecular weight excluding hydrogens is 300 g/mol. The fraction of sp³-hybridized carbons (Fsp3) is 0.760. The second-order valence-electron chi connectivity index (χ2n) is 9.72. The Morgan fingerprint density at radius 2 is 1.24 bits per heavy atom. The van der Waals surface area contributed by atoms with Crippen LogP contribution in [0.2, 0.25) is 0 Å². The first-order chi connectivity index (χ1) is 12.2. The van der Waals surface area contributed by atoms with Crippen LogP contribution in [0.3, 0.4) is 0 Å². The number of aryl methyl sites for hydroxylation is 1. The number of hydrogen-bond donors (Lipinski definition) is 0. The third-order valence-electron chi connectivity index (χ3n) is 8.24. The molecule has 3 fully saturated rings.